The summed E-state index contributed by atoms with van der Waals surface area (Å²) >= 11 is 0. The van der Waals surface area contributed by atoms with Gasteiger partial charge in [-0.15, -0.1) is 0 Å². The molecule has 1 aromatic carbocycles. The molecule has 1 aromatic rings. The minimum atomic E-state index is -4.71. The lowest BCUT2D eigenvalue weighted by atomic mass is 10.1. The lowest BCUT2D eigenvalue weighted by Crippen LogP contribution is -2.38. The van der Waals surface area contributed by atoms with Crippen LogP contribution in [0.2, 0.25) is 0 Å². The Morgan fingerprint density at radius 3 is 2.48 bits per heavy atom. The van der Waals surface area contributed by atoms with Crippen molar-refractivity contribution in [1.29, 1.82) is 0 Å². The number of benzene rings is 1. The molecule has 0 aliphatic rings. The number of alkyl halides is 3. The Morgan fingerprint density at radius 1 is 1.33 bits per heavy atom. The van der Waals surface area contributed by atoms with Gasteiger partial charge in [0, 0.05) is 25.9 Å². The summed E-state index contributed by atoms with van der Waals surface area (Å²) in [6.45, 7) is 1.36. The van der Waals surface area contributed by atoms with Crippen LogP contribution in [-0.4, -0.2) is 59.6 Å². The van der Waals surface area contributed by atoms with Crippen LogP contribution in [0.5, 0.6) is 5.75 Å². The molecule has 27 heavy (non-hydrogen) atoms. The Kier molecular flexibility index (Phi) is 7.95. The van der Waals surface area contributed by atoms with Gasteiger partial charge in [-0.2, -0.15) is 13.2 Å². The molecule has 1 unspecified atom stereocenters. The van der Waals surface area contributed by atoms with Gasteiger partial charge < -0.3 is 15.0 Å². The quantitative estimate of drug-likeness (QED) is 0.549. The van der Waals surface area contributed by atoms with Gasteiger partial charge in [0.05, 0.1) is 22.7 Å². The summed E-state index contributed by atoms with van der Waals surface area (Å²) in [5.41, 5.74) is -1.45. The van der Waals surface area contributed by atoms with Gasteiger partial charge in [0.1, 0.15) is 11.8 Å². The highest BCUT2D eigenvalue weighted by molar-refractivity contribution is 7.84. The third-order valence-electron chi connectivity index (χ3n) is 3.02. The lowest BCUT2D eigenvalue weighted by Gasteiger charge is -2.14. The first-order valence-corrected chi connectivity index (χ1v) is 9.33. The van der Waals surface area contributed by atoms with Gasteiger partial charge >= 0.3 is 6.18 Å². The SMILES string of the molecule is C[C@H](NC(=O)c1cc(OCS(C)=O)cc(C(F)(F)F)c1)C(=O)N=CN(C)C. The fourth-order valence-corrected chi connectivity index (χ4v) is 2.06. The molecule has 7 nitrogen and oxygen atoms in total. The maximum Gasteiger partial charge on any atom is 0.416 e. The van der Waals surface area contributed by atoms with E-state index in [0.717, 1.165) is 6.07 Å². The highest BCUT2D eigenvalue weighted by Gasteiger charge is 2.32. The molecule has 0 fully saturated rings. The van der Waals surface area contributed by atoms with E-state index in [1.807, 2.05) is 0 Å². The standard InChI is InChI=1S/C16H20F3N3O4S/c1-10(14(23)20-8-22(2)3)21-15(24)11-5-12(16(17,18)19)7-13(6-11)26-9-27(4)25/h5-8,10H,9H2,1-4H3,(H,21,24)/t10-,27?/m0/s1. The molecule has 150 valence electrons. The van der Waals surface area contributed by atoms with E-state index in [9.17, 15) is 27.0 Å². The molecule has 2 amide bonds. The summed E-state index contributed by atoms with van der Waals surface area (Å²) in [5, 5.41) is 2.29. The van der Waals surface area contributed by atoms with Crippen LogP contribution in [0.15, 0.2) is 23.2 Å². The monoisotopic (exact) mass is 407 g/mol. The summed E-state index contributed by atoms with van der Waals surface area (Å²) in [6, 6.07) is 1.39. The second-order valence-corrected chi connectivity index (χ2v) is 7.20. The summed E-state index contributed by atoms with van der Waals surface area (Å²) in [4.78, 5) is 29.2. The van der Waals surface area contributed by atoms with Crippen molar-refractivity contribution < 1.29 is 31.7 Å². The zero-order valence-electron chi connectivity index (χ0n) is 15.2. The van der Waals surface area contributed by atoms with Gasteiger partial charge in [0.2, 0.25) is 0 Å². The number of nitrogens with one attached hydrogen (secondary N) is 1. The molecule has 0 heterocycles. The number of nitrogens with zero attached hydrogens (tertiary/aromatic N) is 2. The third kappa shape index (κ3) is 7.77. The molecule has 1 N–H and O–H groups in total. The molecule has 0 radical (unpaired) electrons. The summed E-state index contributed by atoms with van der Waals surface area (Å²) in [7, 11) is 1.89. The average Bonchev–Trinajstić information content (AvgIpc) is 2.56. The van der Waals surface area contributed by atoms with E-state index in [-0.39, 0.29) is 17.3 Å². The zero-order chi connectivity index (χ0) is 20.8. The van der Waals surface area contributed by atoms with Crippen molar-refractivity contribution in [2.24, 2.45) is 4.99 Å². The van der Waals surface area contributed by atoms with Crippen LogP contribution in [0.3, 0.4) is 0 Å². The first kappa shape index (κ1) is 22.6. The molecule has 0 saturated carbocycles. The molecule has 2 atom stereocenters. The molecule has 11 heteroatoms. The fourth-order valence-electron chi connectivity index (χ4n) is 1.75. The van der Waals surface area contributed by atoms with Crippen molar-refractivity contribution in [3.05, 3.63) is 29.3 Å². The van der Waals surface area contributed by atoms with Crippen molar-refractivity contribution in [1.82, 2.24) is 10.2 Å². The number of ether oxygens (including phenoxy) is 1. The van der Waals surface area contributed by atoms with Crippen LogP contribution >= 0.6 is 0 Å². The summed E-state index contributed by atoms with van der Waals surface area (Å²) < 4.78 is 55.3. The molecule has 1 rings (SSSR count). The van der Waals surface area contributed by atoms with Crippen molar-refractivity contribution in [2.45, 2.75) is 19.1 Å². The summed E-state index contributed by atoms with van der Waals surface area (Å²) in [5.74, 6) is -2.14. The second-order valence-electron chi connectivity index (χ2n) is 5.82. The van der Waals surface area contributed by atoms with Gasteiger partial charge in [-0.25, -0.2) is 4.99 Å². The normalized spacial score (nSPS) is 13.9. The fraction of sp³-hybridized carbons (Fsp3) is 0.438. The maximum atomic E-state index is 13.1. The first-order valence-electron chi connectivity index (χ1n) is 7.60. The van der Waals surface area contributed by atoms with E-state index in [4.69, 9.17) is 4.74 Å². The van der Waals surface area contributed by atoms with E-state index >= 15 is 0 Å². The minimum Gasteiger partial charge on any atom is -0.480 e. The number of carbonyl (C=O) groups is 2. The number of rotatable bonds is 7. The third-order valence-corrected chi connectivity index (χ3v) is 3.47. The topological polar surface area (TPSA) is 88.1 Å². The number of halogens is 3. The van der Waals surface area contributed by atoms with Gasteiger partial charge in [0.15, 0.2) is 5.94 Å². The van der Waals surface area contributed by atoms with Crippen LogP contribution in [0.4, 0.5) is 13.2 Å². The van der Waals surface area contributed by atoms with E-state index in [1.165, 1.54) is 24.4 Å². The van der Waals surface area contributed by atoms with E-state index in [2.05, 4.69) is 10.3 Å². The van der Waals surface area contributed by atoms with Crippen molar-refractivity contribution >= 4 is 29.0 Å². The molecular formula is C16H20F3N3O4S. The predicted molar refractivity (Wildman–Crippen MR) is 95.1 cm³/mol. The molecule has 0 saturated heterocycles. The van der Waals surface area contributed by atoms with Gasteiger partial charge in [-0.3, -0.25) is 13.8 Å². The Balaban J connectivity index is 3.05. The predicted octanol–water partition coefficient (Wildman–Crippen LogP) is 1.66. The first-order chi connectivity index (χ1) is 12.4. The lowest BCUT2D eigenvalue weighted by molar-refractivity contribution is -0.137. The van der Waals surface area contributed by atoms with Crippen molar-refractivity contribution in [3.63, 3.8) is 0 Å². The highest BCUT2D eigenvalue weighted by atomic mass is 32.2. The number of amides is 2. The second kappa shape index (κ2) is 9.49. The van der Waals surface area contributed by atoms with E-state index < -0.39 is 40.4 Å². The Bertz CT molecular complexity index is 751. The molecule has 0 bridgehead atoms. The van der Waals surface area contributed by atoms with Gasteiger partial charge in [-0.1, -0.05) is 0 Å². The van der Waals surface area contributed by atoms with Crippen molar-refractivity contribution in [2.75, 3.05) is 26.3 Å². The average molecular weight is 407 g/mol. The number of hydrogen-bond acceptors (Lipinski definition) is 4. The van der Waals surface area contributed by atoms with Crippen LogP contribution < -0.4 is 10.1 Å². The zero-order valence-corrected chi connectivity index (χ0v) is 16.0. The Hall–Kier alpha value is -2.43. The van der Waals surface area contributed by atoms with Crippen LogP contribution in [0.25, 0.3) is 0 Å². The van der Waals surface area contributed by atoms with Crippen LogP contribution in [0, 0.1) is 0 Å². The molecular weight excluding hydrogens is 387 g/mol. The van der Waals surface area contributed by atoms with Crippen molar-refractivity contribution in [3.8, 4) is 5.75 Å². The Labute approximate surface area is 157 Å². The highest BCUT2D eigenvalue weighted by Crippen LogP contribution is 2.32. The molecule has 0 aliphatic carbocycles. The molecule has 0 aliphatic heterocycles. The summed E-state index contributed by atoms with van der Waals surface area (Å²) in [6.07, 6.45) is -2.15. The molecule has 0 aromatic heterocycles. The van der Waals surface area contributed by atoms with Crippen LogP contribution in [0.1, 0.15) is 22.8 Å². The minimum absolute atomic E-state index is 0.255. The largest absolute Gasteiger partial charge is 0.480 e. The van der Waals surface area contributed by atoms with Gasteiger partial charge in [0.25, 0.3) is 11.8 Å². The van der Waals surface area contributed by atoms with Gasteiger partial charge in [-0.05, 0) is 25.1 Å². The smallest absolute Gasteiger partial charge is 0.416 e. The number of carbonyl (C=O) groups excluding carboxylic acids is 2. The Morgan fingerprint density at radius 2 is 1.96 bits per heavy atom. The van der Waals surface area contributed by atoms with Crippen LogP contribution in [-0.2, 0) is 21.8 Å². The van der Waals surface area contributed by atoms with E-state index in [1.54, 1.807) is 14.1 Å². The maximum absolute atomic E-state index is 13.1. The molecule has 0 spiro atoms. The number of aliphatic imine (C=N–C) groups is 1. The van der Waals surface area contributed by atoms with E-state index in [0.29, 0.717) is 12.1 Å². The number of hydrogen-bond donors (Lipinski definition) is 1.